The van der Waals surface area contributed by atoms with Crippen LogP contribution in [0.4, 0.5) is 13.2 Å². The first-order valence-electron chi connectivity index (χ1n) is 6.17. The van der Waals surface area contributed by atoms with Crippen molar-refractivity contribution in [1.82, 2.24) is 0 Å². The molecule has 0 unspecified atom stereocenters. The second-order valence-electron chi connectivity index (χ2n) is 4.99. The van der Waals surface area contributed by atoms with Crippen LogP contribution in [0.15, 0.2) is 18.2 Å². The van der Waals surface area contributed by atoms with Crippen LogP contribution in [0.3, 0.4) is 0 Å². The highest BCUT2D eigenvalue weighted by Gasteiger charge is 2.63. The molecule has 2 rings (SSSR count). The van der Waals surface area contributed by atoms with Crippen LogP contribution in [0.5, 0.6) is 11.5 Å². The molecule has 0 aliphatic heterocycles. The van der Waals surface area contributed by atoms with E-state index in [0.717, 1.165) is 0 Å². The van der Waals surface area contributed by atoms with Crippen molar-refractivity contribution in [2.75, 3.05) is 13.7 Å². The molecule has 1 saturated carbocycles. The summed E-state index contributed by atoms with van der Waals surface area (Å²) in [7, 11) is 1.38. The van der Waals surface area contributed by atoms with E-state index in [9.17, 15) is 18.0 Å². The number of benzene rings is 1. The van der Waals surface area contributed by atoms with Crippen molar-refractivity contribution >= 4 is 5.78 Å². The monoisotopic (exact) mass is 288 g/mol. The molecular weight excluding hydrogens is 273 g/mol. The van der Waals surface area contributed by atoms with Crippen LogP contribution in [0.2, 0.25) is 0 Å². The molecule has 3 nitrogen and oxygen atoms in total. The van der Waals surface area contributed by atoms with Gasteiger partial charge in [0.15, 0.2) is 17.3 Å². The van der Waals surface area contributed by atoms with Crippen LogP contribution in [0, 0.1) is 5.41 Å². The molecule has 0 radical (unpaired) electrons. The van der Waals surface area contributed by atoms with Gasteiger partial charge < -0.3 is 9.47 Å². The van der Waals surface area contributed by atoms with E-state index in [0.29, 0.717) is 5.56 Å². The van der Waals surface area contributed by atoms with E-state index in [1.54, 1.807) is 0 Å². The van der Waals surface area contributed by atoms with Crippen molar-refractivity contribution in [3.8, 4) is 11.5 Å². The molecule has 0 amide bonds. The van der Waals surface area contributed by atoms with Gasteiger partial charge in [-0.05, 0) is 38.0 Å². The Labute approximate surface area is 114 Å². The van der Waals surface area contributed by atoms with Gasteiger partial charge in [0, 0.05) is 5.56 Å². The Morgan fingerprint density at radius 3 is 2.40 bits per heavy atom. The standard InChI is InChI=1S/C14H15F3O3/c1-9(18)10-3-4-11(12(7-10)19-2)20-8-13(5-6-13)14(15,16)17/h3-4,7H,5-6,8H2,1-2H3. The molecule has 1 aliphatic carbocycles. The summed E-state index contributed by atoms with van der Waals surface area (Å²) in [5.41, 5.74) is -1.30. The number of hydrogen-bond acceptors (Lipinski definition) is 3. The lowest BCUT2D eigenvalue weighted by molar-refractivity contribution is -0.194. The Hall–Kier alpha value is -1.72. The Morgan fingerprint density at radius 1 is 1.30 bits per heavy atom. The number of rotatable bonds is 5. The average Bonchev–Trinajstić information content (AvgIpc) is 3.16. The Kier molecular flexibility index (Phi) is 3.67. The summed E-state index contributed by atoms with van der Waals surface area (Å²) >= 11 is 0. The molecule has 0 spiro atoms. The lowest BCUT2D eigenvalue weighted by Crippen LogP contribution is -2.30. The van der Waals surface area contributed by atoms with Crippen molar-refractivity contribution in [3.63, 3.8) is 0 Å². The van der Waals surface area contributed by atoms with Gasteiger partial charge in [0.25, 0.3) is 0 Å². The molecule has 0 heterocycles. The second-order valence-corrected chi connectivity index (χ2v) is 4.99. The van der Waals surface area contributed by atoms with E-state index in [1.165, 1.54) is 32.2 Å². The number of carbonyl (C=O) groups excluding carboxylic acids is 1. The molecule has 110 valence electrons. The van der Waals surface area contributed by atoms with Gasteiger partial charge >= 0.3 is 6.18 Å². The zero-order valence-corrected chi connectivity index (χ0v) is 11.2. The number of halogens is 3. The predicted octanol–water partition coefficient (Wildman–Crippen LogP) is 3.62. The molecule has 0 N–H and O–H groups in total. The van der Waals surface area contributed by atoms with Gasteiger partial charge in [0.2, 0.25) is 0 Å². The lowest BCUT2D eigenvalue weighted by atomic mass is 10.1. The van der Waals surface area contributed by atoms with Crippen LogP contribution >= 0.6 is 0 Å². The smallest absolute Gasteiger partial charge is 0.397 e. The highest BCUT2D eigenvalue weighted by Crippen LogP contribution is 2.57. The summed E-state index contributed by atoms with van der Waals surface area (Å²) in [5.74, 6) is 0.326. The van der Waals surface area contributed by atoms with Crippen molar-refractivity contribution in [3.05, 3.63) is 23.8 Å². The molecular formula is C14H15F3O3. The topological polar surface area (TPSA) is 35.5 Å². The Balaban J connectivity index is 2.12. The van der Waals surface area contributed by atoms with Crippen molar-refractivity contribution in [2.24, 2.45) is 5.41 Å². The number of carbonyl (C=O) groups is 1. The molecule has 6 heteroatoms. The predicted molar refractivity (Wildman–Crippen MR) is 66.2 cm³/mol. The summed E-state index contributed by atoms with van der Waals surface area (Å²) in [6.45, 7) is 0.977. The number of hydrogen-bond donors (Lipinski definition) is 0. The van der Waals surface area contributed by atoms with E-state index in [4.69, 9.17) is 9.47 Å². The van der Waals surface area contributed by atoms with Crippen LogP contribution in [-0.2, 0) is 0 Å². The molecule has 1 aromatic rings. The number of methoxy groups -OCH3 is 1. The van der Waals surface area contributed by atoms with Gasteiger partial charge in [0.1, 0.15) is 12.0 Å². The normalized spacial score (nSPS) is 16.6. The lowest BCUT2D eigenvalue weighted by Gasteiger charge is -2.20. The Bertz CT molecular complexity index is 519. The van der Waals surface area contributed by atoms with E-state index in [1.807, 2.05) is 0 Å². The minimum atomic E-state index is -4.25. The number of ketones is 1. The highest BCUT2D eigenvalue weighted by molar-refractivity contribution is 5.94. The van der Waals surface area contributed by atoms with E-state index >= 15 is 0 Å². The fourth-order valence-electron chi connectivity index (χ4n) is 1.88. The van der Waals surface area contributed by atoms with E-state index in [-0.39, 0.29) is 30.1 Å². The van der Waals surface area contributed by atoms with Crippen molar-refractivity contribution < 1.29 is 27.4 Å². The first kappa shape index (κ1) is 14.7. The molecule has 1 aliphatic rings. The molecule has 0 saturated heterocycles. The van der Waals surface area contributed by atoms with Gasteiger partial charge in [-0.1, -0.05) is 0 Å². The maximum atomic E-state index is 12.8. The third-order valence-corrected chi connectivity index (χ3v) is 3.53. The minimum absolute atomic E-state index is 0.0876. The Morgan fingerprint density at radius 2 is 1.95 bits per heavy atom. The fraction of sp³-hybridized carbons (Fsp3) is 0.500. The number of ether oxygens (including phenoxy) is 2. The first-order chi connectivity index (χ1) is 9.29. The van der Waals surface area contributed by atoms with Gasteiger partial charge in [-0.15, -0.1) is 0 Å². The van der Waals surface area contributed by atoms with Crippen molar-refractivity contribution in [1.29, 1.82) is 0 Å². The maximum Gasteiger partial charge on any atom is 0.397 e. The van der Waals surface area contributed by atoms with E-state index < -0.39 is 18.2 Å². The summed E-state index contributed by atoms with van der Waals surface area (Å²) in [6, 6.07) is 4.43. The zero-order chi connectivity index (χ0) is 15.0. The molecule has 1 fully saturated rings. The van der Waals surface area contributed by atoms with Crippen molar-refractivity contribution in [2.45, 2.75) is 25.9 Å². The summed E-state index contributed by atoms with van der Waals surface area (Å²) in [6.07, 6.45) is -4.08. The second kappa shape index (κ2) is 5.00. The summed E-state index contributed by atoms with van der Waals surface area (Å²) in [5, 5.41) is 0. The summed E-state index contributed by atoms with van der Waals surface area (Å²) in [4.78, 5) is 11.2. The quantitative estimate of drug-likeness (QED) is 0.776. The van der Waals surface area contributed by atoms with Crippen LogP contribution < -0.4 is 9.47 Å². The third-order valence-electron chi connectivity index (χ3n) is 3.53. The molecule has 0 bridgehead atoms. The number of alkyl halides is 3. The van der Waals surface area contributed by atoms with Gasteiger partial charge in [-0.2, -0.15) is 13.2 Å². The van der Waals surface area contributed by atoms with Gasteiger partial charge in [-0.3, -0.25) is 4.79 Å². The van der Waals surface area contributed by atoms with Crippen LogP contribution in [-0.4, -0.2) is 25.7 Å². The number of Topliss-reactive ketones (excluding diaryl/α,β-unsaturated/α-hetero) is 1. The maximum absolute atomic E-state index is 12.8. The molecule has 0 atom stereocenters. The SMILES string of the molecule is COc1cc(C(C)=O)ccc1OCC1(C(F)(F)F)CC1. The van der Waals surface area contributed by atoms with Gasteiger partial charge in [0.05, 0.1) is 7.11 Å². The average molecular weight is 288 g/mol. The molecule has 20 heavy (non-hydrogen) atoms. The van der Waals surface area contributed by atoms with Gasteiger partial charge in [-0.25, -0.2) is 0 Å². The fourth-order valence-corrected chi connectivity index (χ4v) is 1.88. The first-order valence-corrected chi connectivity index (χ1v) is 6.17. The zero-order valence-electron chi connectivity index (χ0n) is 11.2. The molecule has 1 aromatic carbocycles. The summed E-state index contributed by atoms with van der Waals surface area (Å²) < 4.78 is 48.7. The molecule has 0 aromatic heterocycles. The minimum Gasteiger partial charge on any atom is -0.493 e. The van der Waals surface area contributed by atoms with Crippen LogP contribution in [0.25, 0.3) is 0 Å². The third kappa shape index (κ3) is 2.73. The van der Waals surface area contributed by atoms with Crippen LogP contribution in [0.1, 0.15) is 30.1 Å². The highest BCUT2D eigenvalue weighted by atomic mass is 19.4. The van der Waals surface area contributed by atoms with E-state index in [2.05, 4.69) is 0 Å². The largest absolute Gasteiger partial charge is 0.493 e.